The maximum Gasteiger partial charge on any atom is 0.180 e. The van der Waals surface area contributed by atoms with Crippen LogP contribution < -0.4 is 0 Å². The molecule has 0 N–H and O–H groups in total. The van der Waals surface area contributed by atoms with Crippen LogP contribution >= 0.6 is 0 Å². The molecule has 1 atom stereocenters. The van der Waals surface area contributed by atoms with E-state index in [1.54, 1.807) is 0 Å². The maximum absolute atomic E-state index is 4.90. The zero-order chi connectivity index (χ0) is 11.7. The van der Waals surface area contributed by atoms with Crippen molar-refractivity contribution in [1.29, 1.82) is 0 Å². The van der Waals surface area contributed by atoms with Gasteiger partial charge in [-0.2, -0.15) is 0 Å². The smallest absolute Gasteiger partial charge is 0.180 e. The molecule has 0 saturated carbocycles. The molecule has 0 amide bonds. The lowest BCUT2D eigenvalue weighted by molar-refractivity contribution is 0.0995. The first-order valence-corrected chi connectivity index (χ1v) is 5.51. The van der Waals surface area contributed by atoms with Crippen LogP contribution in [0.25, 0.3) is 0 Å². The van der Waals surface area contributed by atoms with Crippen LogP contribution in [0.15, 0.2) is 10.1 Å². The number of aliphatic imine (C=N–C) groups is 1. The van der Waals surface area contributed by atoms with Crippen molar-refractivity contribution in [2.24, 2.45) is 10.1 Å². The van der Waals surface area contributed by atoms with E-state index in [2.05, 4.69) is 10.1 Å². The fourth-order valence-electron chi connectivity index (χ4n) is 1.11. The van der Waals surface area contributed by atoms with Crippen molar-refractivity contribution in [3.8, 4) is 0 Å². The lowest BCUT2D eigenvalue weighted by Gasteiger charge is -1.93. The second kappa shape index (κ2) is 8.26. The van der Waals surface area contributed by atoms with Gasteiger partial charge >= 0.3 is 0 Å². The standard InChI is InChI=1S/C5H9NO.C4H7NO.C2H6/c1-4-3-5(2)7-6-4;1-4-5-2-3-6-4;1-2/h5H,3H2,1-2H3;2-3H2,1H3;1-2H3. The first-order valence-electron chi connectivity index (χ1n) is 5.51. The molecule has 0 aromatic heterocycles. The summed E-state index contributed by atoms with van der Waals surface area (Å²) in [7, 11) is 0. The van der Waals surface area contributed by atoms with Crippen molar-refractivity contribution in [2.45, 2.75) is 47.1 Å². The number of ether oxygens (including phenoxy) is 1. The molecule has 0 aromatic carbocycles. The Morgan fingerprint density at radius 3 is 2.07 bits per heavy atom. The van der Waals surface area contributed by atoms with Gasteiger partial charge in [0.15, 0.2) is 5.90 Å². The van der Waals surface area contributed by atoms with Crippen molar-refractivity contribution in [1.82, 2.24) is 0 Å². The van der Waals surface area contributed by atoms with Crippen LogP contribution in [0, 0.1) is 0 Å². The summed E-state index contributed by atoms with van der Waals surface area (Å²) in [4.78, 5) is 8.78. The van der Waals surface area contributed by atoms with Crippen LogP contribution in [-0.2, 0) is 9.57 Å². The van der Waals surface area contributed by atoms with Gasteiger partial charge < -0.3 is 9.57 Å². The molecule has 0 radical (unpaired) electrons. The van der Waals surface area contributed by atoms with Crippen molar-refractivity contribution in [3.63, 3.8) is 0 Å². The summed E-state index contributed by atoms with van der Waals surface area (Å²) in [5.41, 5.74) is 1.10. The second-order valence-corrected chi connectivity index (χ2v) is 3.20. The molecule has 0 bridgehead atoms. The average molecular weight is 214 g/mol. The molecule has 2 rings (SSSR count). The summed E-state index contributed by atoms with van der Waals surface area (Å²) in [6.45, 7) is 11.5. The van der Waals surface area contributed by atoms with Gasteiger partial charge in [-0.25, -0.2) is 0 Å². The van der Waals surface area contributed by atoms with Gasteiger partial charge in [0, 0.05) is 13.3 Å². The second-order valence-electron chi connectivity index (χ2n) is 3.20. The van der Waals surface area contributed by atoms with E-state index in [4.69, 9.17) is 9.57 Å². The fraction of sp³-hybridized carbons (Fsp3) is 0.818. The van der Waals surface area contributed by atoms with E-state index >= 15 is 0 Å². The van der Waals surface area contributed by atoms with Gasteiger partial charge in [-0.15, -0.1) is 0 Å². The van der Waals surface area contributed by atoms with Crippen molar-refractivity contribution in [2.75, 3.05) is 13.2 Å². The molecule has 88 valence electrons. The molecule has 15 heavy (non-hydrogen) atoms. The average Bonchev–Trinajstić information content (AvgIpc) is 2.82. The number of hydrogen-bond acceptors (Lipinski definition) is 4. The van der Waals surface area contributed by atoms with Gasteiger partial charge in [-0.1, -0.05) is 19.0 Å². The molecule has 0 fully saturated rings. The fourth-order valence-corrected chi connectivity index (χ4v) is 1.11. The summed E-state index contributed by atoms with van der Waals surface area (Å²) in [6.07, 6.45) is 1.32. The Hall–Kier alpha value is -1.06. The molecule has 0 aliphatic carbocycles. The number of nitrogens with zero attached hydrogens (tertiary/aromatic N) is 2. The van der Waals surface area contributed by atoms with Crippen LogP contribution in [0.3, 0.4) is 0 Å². The van der Waals surface area contributed by atoms with E-state index in [0.717, 1.165) is 31.2 Å². The monoisotopic (exact) mass is 214 g/mol. The minimum atomic E-state index is 0.319. The zero-order valence-electron chi connectivity index (χ0n) is 10.4. The quantitative estimate of drug-likeness (QED) is 0.622. The molecular formula is C11H22N2O2. The van der Waals surface area contributed by atoms with Crippen LogP contribution in [0.5, 0.6) is 0 Å². The Bertz CT molecular complexity index is 225. The molecule has 2 aliphatic heterocycles. The Morgan fingerprint density at radius 1 is 1.27 bits per heavy atom. The molecule has 4 nitrogen and oxygen atoms in total. The highest BCUT2D eigenvalue weighted by atomic mass is 16.6. The Balaban J connectivity index is 0.000000227. The van der Waals surface area contributed by atoms with E-state index in [0.29, 0.717) is 6.10 Å². The molecule has 0 saturated heterocycles. The third kappa shape index (κ3) is 6.94. The predicted octanol–water partition coefficient (Wildman–Crippen LogP) is 2.63. The Morgan fingerprint density at radius 2 is 1.93 bits per heavy atom. The third-order valence-electron chi connectivity index (χ3n) is 1.71. The largest absolute Gasteiger partial charge is 0.479 e. The minimum absolute atomic E-state index is 0.319. The van der Waals surface area contributed by atoms with Crippen LogP contribution in [0.1, 0.15) is 41.0 Å². The predicted molar refractivity (Wildman–Crippen MR) is 63.5 cm³/mol. The van der Waals surface area contributed by atoms with Gasteiger partial charge in [0.25, 0.3) is 0 Å². The highest BCUT2D eigenvalue weighted by Crippen LogP contribution is 2.07. The van der Waals surface area contributed by atoms with Gasteiger partial charge in [0.05, 0.1) is 12.3 Å². The van der Waals surface area contributed by atoms with Crippen LogP contribution in [0.2, 0.25) is 0 Å². The summed E-state index contributed by atoms with van der Waals surface area (Å²) in [6, 6.07) is 0. The van der Waals surface area contributed by atoms with Crippen molar-refractivity contribution >= 4 is 11.6 Å². The van der Waals surface area contributed by atoms with E-state index in [-0.39, 0.29) is 0 Å². The van der Waals surface area contributed by atoms with Crippen LogP contribution in [0.4, 0.5) is 0 Å². The number of hydrogen-bond donors (Lipinski definition) is 0. The molecule has 2 aliphatic rings. The van der Waals surface area contributed by atoms with E-state index < -0.39 is 0 Å². The van der Waals surface area contributed by atoms with E-state index in [1.807, 2.05) is 34.6 Å². The van der Waals surface area contributed by atoms with Gasteiger partial charge in [-0.3, -0.25) is 4.99 Å². The lowest BCUT2D eigenvalue weighted by atomic mass is 10.2. The molecule has 0 aromatic rings. The molecule has 1 unspecified atom stereocenters. The summed E-state index contributed by atoms with van der Waals surface area (Å²) >= 11 is 0. The first-order chi connectivity index (χ1) is 7.18. The molecular weight excluding hydrogens is 192 g/mol. The number of rotatable bonds is 0. The third-order valence-corrected chi connectivity index (χ3v) is 1.71. The maximum atomic E-state index is 4.90. The topological polar surface area (TPSA) is 43.2 Å². The summed E-state index contributed by atoms with van der Waals surface area (Å²) < 4.78 is 4.90. The highest BCUT2D eigenvalue weighted by molar-refractivity contribution is 5.82. The van der Waals surface area contributed by atoms with Crippen molar-refractivity contribution < 1.29 is 9.57 Å². The summed E-state index contributed by atoms with van der Waals surface area (Å²) in [5, 5.41) is 3.73. The van der Waals surface area contributed by atoms with Gasteiger partial charge in [0.2, 0.25) is 0 Å². The summed E-state index contributed by atoms with van der Waals surface area (Å²) in [5.74, 6) is 0.829. The van der Waals surface area contributed by atoms with Crippen molar-refractivity contribution in [3.05, 3.63) is 0 Å². The van der Waals surface area contributed by atoms with E-state index in [9.17, 15) is 0 Å². The Labute approximate surface area is 92.4 Å². The van der Waals surface area contributed by atoms with Gasteiger partial charge in [-0.05, 0) is 13.8 Å². The van der Waals surface area contributed by atoms with Crippen LogP contribution in [-0.4, -0.2) is 30.9 Å². The van der Waals surface area contributed by atoms with E-state index in [1.165, 1.54) is 0 Å². The lowest BCUT2D eigenvalue weighted by Crippen LogP contribution is -1.97. The molecule has 2 heterocycles. The molecule has 4 heteroatoms. The zero-order valence-corrected chi connectivity index (χ0v) is 10.4. The Kier molecular flexibility index (Phi) is 7.68. The first kappa shape index (κ1) is 13.9. The SMILES string of the molecule is CC.CC1=NCCO1.CC1=NOC(C)C1. The minimum Gasteiger partial charge on any atom is -0.479 e. The highest BCUT2D eigenvalue weighted by Gasteiger charge is 2.10. The normalized spacial score (nSPS) is 22.1. The number of oxime groups is 1. The van der Waals surface area contributed by atoms with Gasteiger partial charge in [0.1, 0.15) is 12.7 Å². The molecule has 0 spiro atoms.